The molecular formula is C28H36N2O4S. The molecule has 0 aromatic rings. The molecule has 2 N–H and O–H groups in total. The van der Waals surface area contributed by atoms with E-state index in [4.69, 9.17) is 4.74 Å². The van der Waals surface area contributed by atoms with Crippen LogP contribution in [0.3, 0.4) is 0 Å². The molecule has 3 unspecified atom stereocenters. The molecule has 3 atom stereocenters. The lowest BCUT2D eigenvalue weighted by molar-refractivity contribution is -0.0599. The summed E-state index contributed by atoms with van der Waals surface area (Å²) >= 11 is 0. The van der Waals surface area contributed by atoms with Gasteiger partial charge in [-0.25, -0.2) is 13.1 Å². The first-order valence-corrected chi connectivity index (χ1v) is 12.9. The van der Waals surface area contributed by atoms with Gasteiger partial charge in [0, 0.05) is 11.4 Å². The van der Waals surface area contributed by atoms with Crippen LogP contribution in [0.15, 0.2) is 121 Å². The first kappa shape index (κ1) is 28.3. The highest BCUT2D eigenvalue weighted by Gasteiger charge is 2.41. The van der Waals surface area contributed by atoms with E-state index < -0.39 is 28.2 Å². The Morgan fingerprint density at radius 1 is 1.03 bits per heavy atom. The summed E-state index contributed by atoms with van der Waals surface area (Å²) in [5, 5.41) is 11.4. The molecule has 2 aliphatic rings. The summed E-state index contributed by atoms with van der Waals surface area (Å²) in [6.45, 7) is 21.2. The zero-order valence-electron chi connectivity index (χ0n) is 20.4. The second-order valence-electron chi connectivity index (χ2n) is 8.02. The van der Waals surface area contributed by atoms with Crippen LogP contribution in [0.25, 0.3) is 0 Å². The molecule has 2 heterocycles. The van der Waals surface area contributed by atoms with Crippen molar-refractivity contribution in [3.63, 3.8) is 0 Å². The quantitative estimate of drug-likeness (QED) is 0.409. The van der Waals surface area contributed by atoms with Crippen molar-refractivity contribution in [3.05, 3.63) is 121 Å². The smallest absolute Gasteiger partial charge is 0.240 e. The standard InChI is InChI=1S/C28H36N2O4S/c1-7-13-14-16-23(11-5)35(32,33)29-24-19-34-20-27(28(24)31)30-25(12-6)21(9-3)17-18-22(10-4)26(30)15-8-2/h7-16,24,27-29,31H,1,3-6,17-20H2,2H3/b14-13-,15-8-,23-16+. The van der Waals surface area contributed by atoms with Gasteiger partial charge in [0.05, 0.1) is 36.3 Å². The molecule has 0 aliphatic carbocycles. The minimum Gasteiger partial charge on any atom is -0.389 e. The lowest BCUT2D eigenvalue weighted by Gasteiger charge is -2.43. The van der Waals surface area contributed by atoms with Gasteiger partial charge in [-0.05, 0) is 55.2 Å². The van der Waals surface area contributed by atoms with Crippen molar-refractivity contribution in [2.24, 2.45) is 0 Å². The molecule has 0 spiro atoms. The molecule has 0 saturated carbocycles. The summed E-state index contributed by atoms with van der Waals surface area (Å²) in [6.07, 6.45) is 17.0. The fraction of sp³-hybridized carbons (Fsp3) is 0.286. The number of sulfonamides is 1. The maximum absolute atomic E-state index is 13.0. The third kappa shape index (κ3) is 6.58. The summed E-state index contributed by atoms with van der Waals surface area (Å²) < 4.78 is 34.5. The van der Waals surface area contributed by atoms with E-state index in [2.05, 4.69) is 37.6 Å². The highest BCUT2D eigenvalue weighted by Crippen LogP contribution is 2.35. The molecule has 0 radical (unpaired) electrons. The van der Waals surface area contributed by atoms with Gasteiger partial charge >= 0.3 is 0 Å². The fourth-order valence-corrected chi connectivity index (χ4v) is 5.40. The zero-order valence-corrected chi connectivity index (χ0v) is 21.2. The molecular weight excluding hydrogens is 460 g/mol. The maximum Gasteiger partial charge on any atom is 0.240 e. The molecule has 6 nitrogen and oxygen atoms in total. The van der Waals surface area contributed by atoms with Gasteiger partial charge in [0.15, 0.2) is 0 Å². The van der Waals surface area contributed by atoms with Crippen LogP contribution in [-0.4, -0.2) is 49.8 Å². The Bertz CT molecular complexity index is 1110. The largest absolute Gasteiger partial charge is 0.389 e. The zero-order chi connectivity index (χ0) is 26.0. The lowest BCUT2D eigenvalue weighted by atomic mass is 9.98. The molecule has 188 valence electrons. The first-order valence-electron chi connectivity index (χ1n) is 11.4. The van der Waals surface area contributed by atoms with Crippen molar-refractivity contribution in [1.82, 2.24) is 9.62 Å². The number of hydrogen-bond acceptors (Lipinski definition) is 5. The van der Waals surface area contributed by atoms with Crippen molar-refractivity contribution in [3.8, 4) is 0 Å². The number of allylic oxidation sites excluding steroid dienone is 12. The van der Waals surface area contributed by atoms with Gasteiger partial charge in [-0.3, -0.25) is 0 Å². The maximum atomic E-state index is 13.0. The number of hydrogen-bond donors (Lipinski definition) is 2. The van der Waals surface area contributed by atoms with Crippen LogP contribution < -0.4 is 4.72 Å². The summed E-state index contributed by atoms with van der Waals surface area (Å²) in [5.41, 5.74) is 3.62. The van der Waals surface area contributed by atoms with Gasteiger partial charge in [-0.1, -0.05) is 69.4 Å². The van der Waals surface area contributed by atoms with Crippen molar-refractivity contribution in [1.29, 1.82) is 0 Å². The second kappa shape index (κ2) is 13.2. The monoisotopic (exact) mass is 496 g/mol. The van der Waals surface area contributed by atoms with Gasteiger partial charge in [0.2, 0.25) is 10.0 Å². The van der Waals surface area contributed by atoms with Crippen LogP contribution in [0.2, 0.25) is 0 Å². The van der Waals surface area contributed by atoms with Gasteiger partial charge in [0.25, 0.3) is 0 Å². The third-order valence-corrected chi connectivity index (χ3v) is 7.44. The Kier molecular flexibility index (Phi) is 10.7. The molecule has 1 saturated heterocycles. The van der Waals surface area contributed by atoms with Crippen LogP contribution >= 0.6 is 0 Å². The molecule has 0 bridgehead atoms. The van der Waals surface area contributed by atoms with Crippen molar-refractivity contribution in [2.45, 2.75) is 38.0 Å². The Labute approximate surface area is 210 Å². The minimum absolute atomic E-state index is 0.0239. The predicted octanol–water partition coefficient (Wildman–Crippen LogP) is 4.58. The SMILES string of the molecule is C=C/C=C\C=C(/C=C)S(=O)(=O)NC1COCC(N2C(C=C)=C(C=C)CCC(C=C)=C2/C=C\C)C1O. The summed E-state index contributed by atoms with van der Waals surface area (Å²) in [5.74, 6) is 0. The summed E-state index contributed by atoms with van der Waals surface area (Å²) in [6, 6.07) is -1.47. The van der Waals surface area contributed by atoms with Gasteiger partial charge < -0.3 is 14.7 Å². The molecule has 1 fully saturated rings. The number of nitrogens with one attached hydrogen (secondary N) is 1. The number of aliphatic hydroxyl groups is 1. The molecule has 2 aliphatic heterocycles. The van der Waals surface area contributed by atoms with E-state index >= 15 is 0 Å². The number of aliphatic hydroxyl groups excluding tert-OH is 1. The molecule has 2 rings (SSSR count). The van der Waals surface area contributed by atoms with E-state index in [0.29, 0.717) is 0 Å². The van der Waals surface area contributed by atoms with Crippen LogP contribution in [-0.2, 0) is 14.8 Å². The van der Waals surface area contributed by atoms with E-state index in [9.17, 15) is 13.5 Å². The van der Waals surface area contributed by atoms with Crippen LogP contribution in [0, 0.1) is 0 Å². The van der Waals surface area contributed by atoms with Crippen LogP contribution in [0.4, 0.5) is 0 Å². The molecule has 0 aromatic heterocycles. The minimum atomic E-state index is -3.96. The summed E-state index contributed by atoms with van der Waals surface area (Å²) in [4.78, 5) is 1.94. The van der Waals surface area contributed by atoms with E-state index in [1.54, 1.807) is 24.3 Å². The molecule has 0 aromatic carbocycles. The first-order chi connectivity index (χ1) is 16.8. The van der Waals surface area contributed by atoms with Crippen LogP contribution in [0.5, 0.6) is 0 Å². The number of ether oxygens (including phenoxy) is 1. The lowest BCUT2D eigenvalue weighted by Crippen LogP contribution is -2.60. The third-order valence-electron chi connectivity index (χ3n) is 5.90. The van der Waals surface area contributed by atoms with Gasteiger partial charge in [0.1, 0.15) is 0 Å². The van der Waals surface area contributed by atoms with E-state index in [0.717, 1.165) is 35.4 Å². The van der Waals surface area contributed by atoms with Crippen LogP contribution in [0.1, 0.15) is 19.8 Å². The number of nitrogens with zero attached hydrogens (tertiary/aromatic N) is 1. The fourth-order valence-electron chi connectivity index (χ4n) is 4.19. The Morgan fingerprint density at radius 3 is 2.23 bits per heavy atom. The molecule has 7 heteroatoms. The average molecular weight is 497 g/mol. The topological polar surface area (TPSA) is 78.9 Å². The van der Waals surface area contributed by atoms with E-state index in [1.807, 2.05) is 30.1 Å². The Balaban J connectivity index is 2.52. The van der Waals surface area contributed by atoms with Gasteiger partial charge in [-0.15, -0.1) is 0 Å². The van der Waals surface area contributed by atoms with E-state index in [-0.39, 0.29) is 18.1 Å². The molecule has 35 heavy (non-hydrogen) atoms. The number of rotatable bonds is 11. The van der Waals surface area contributed by atoms with Crippen molar-refractivity contribution >= 4 is 10.0 Å². The highest BCUT2D eigenvalue weighted by molar-refractivity contribution is 7.93. The molecule has 0 amide bonds. The normalized spacial score (nSPS) is 24.6. The van der Waals surface area contributed by atoms with Crippen molar-refractivity contribution < 1.29 is 18.3 Å². The van der Waals surface area contributed by atoms with Gasteiger partial charge in [-0.2, -0.15) is 0 Å². The second-order valence-corrected chi connectivity index (χ2v) is 9.73. The van der Waals surface area contributed by atoms with Crippen molar-refractivity contribution in [2.75, 3.05) is 13.2 Å². The Hall–Kier alpha value is -2.97. The predicted molar refractivity (Wildman–Crippen MR) is 145 cm³/mol. The Morgan fingerprint density at radius 2 is 1.69 bits per heavy atom. The summed E-state index contributed by atoms with van der Waals surface area (Å²) in [7, 11) is -3.96. The highest BCUT2D eigenvalue weighted by atomic mass is 32.2. The van der Waals surface area contributed by atoms with E-state index in [1.165, 1.54) is 18.2 Å². The average Bonchev–Trinajstić information content (AvgIpc) is 2.99.